The molecule has 0 radical (unpaired) electrons. The van der Waals surface area contributed by atoms with Crippen molar-refractivity contribution in [2.24, 2.45) is 5.73 Å². The van der Waals surface area contributed by atoms with Gasteiger partial charge in [-0.3, -0.25) is 9.97 Å². The average molecular weight is 668 g/mol. The molecule has 2 heterocycles. The number of nitrogens with two attached hydrogens (primary N) is 1. The van der Waals surface area contributed by atoms with Crippen LogP contribution in [0.3, 0.4) is 0 Å². The van der Waals surface area contributed by atoms with Crippen LogP contribution in [-0.4, -0.2) is 9.97 Å². The molecule has 0 amide bonds. The van der Waals surface area contributed by atoms with Crippen LogP contribution < -0.4 is 5.73 Å². The highest BCUT2D eigenvalue weighted by molar-refractivity contribution is 6.28. The largest absolute Gasteiger partial charge is 0.405 e. The Hall–Kier alpha value is -6.06. The molecule has 0 unspecified atom stereocenters. The third-order valence-electron chi connectivity index (χ3n) is 8.35. The molecule has 3 nitrogen and oxygen atoms in total. The number of allylic oxidation sites excluding steroid dienone is 4. The first-order chi connectivity index (χ1) is 25.1. The van der Waals surface area contributed by atoms with Crippen molar-refractivity contribution in [3.05, 3.63) is 171 Å². The topological polar surface area (TPSA) is 51.8 Å². The molecule has 256 valence electrons. The lowest BCUT2D eigenvalue weighted by molar-refractivity contribution is 1.33. The maximum absolute atomic E-state index is 4.85. The van der Waals surface area contributed by atoms with Gasteiger partial charge in [0.15, 0.2) is 0 Å². The van der Waals surface area contributed by atoms with Crippen molar-refractivity contribution in [2.75, 3.05) is 0 Å². The minimum atomic E-state index is 1.13. The number of pyridine rings is 2. The van der Waals surface area contributed by atoms with Crippen molar-refractivity contribution in [1.29, 1.82) is 0 Å². The monoisotopic (exact) mass is 667 g/mol. The Morgan fingerprint density at radius 1 is 0.471 bits per heavy atom. The summed E-state index contributed by atoms with van der Waals surface area (Å²) < 4.78 is 0. The third kappa shape index (κ3) is 8.57. The lowest BCUT2D eigenvalue weighted by Gasteiger charge is -2.17. The number of fused-ring (bicyclic) bond motifs is 1. The van der Waals surface area contributed by atoms with Gasteiger partial charge in [-0.1, -0.05) is 135 Å². The highest BCUT2D eigenvalue weighted by atomic mass is 14.6. The van der Waals surface area contributed by atoms with Crippen LogP contribution in [0.4, 0.5) is 0 Å². The third-order valence-corrected chi connectivity index (χ3v) is 8.35. The molecule has 0 aliphatic heterocycles. The second kappa shape index (κ2) is 19.2. The summed E-state index contributed by atoms with van der Waals surface area (Å²) in [6.07, 6.45) is 16.6. The number of rotatable bonds is 3. The van der Waals surface area contributed by atoms with Gasteiger partial charge in [-0.15, -0.1) is 6.58 Å². The smallest absolute Gasteiger partial charge is 0.0346 e. The van der Waals surface area contributed by atoms with E-state index in [2.05, 4.69) is 120 Å². The Bertz CT molecular complexity index is 2310. The first-order valence-corrected chi connectivity index (χ1v) is 17.6. The van der Waals surface area contributed by atoms with E-state index in [1.165, 1.54) is 71.7 Å². The van der Waals surface area contributed by atoms with Crippen LogP contribution in [0.25, 0.3) is 76.5 Å². The van der Waals surface area contributed by atoms with Gasteiger partial charge in [0, 0.05) is 30.2 Å². The van der Waals surface area contributed by atoms with E-state index in [9.17, 15) is 0 Å². The summed E-state index contributed by atoms with van der Waals surface area (Å²) >= 11 is 0. The van der Waals surface area contributed by atoms with Gasteiger partial charge in [0.2, 0.25) is 0 Å². The molecule has 0 atom stereocenters. The number of aromatic nitrogens is 2. The van der Waals surface area contributed by atoms with Crippen molar-refractivity contribution in [1.82, 2.24) is 9.97 Å². The maximum Gasteiger partial charge on any atom is 0.0346 e. The second-order valence-electron chi connectivity index (χ2n) is 11.5. The van der Waals surface area contributed by atoms with Crippen LogP contribution in [0.5, 0.6) is 0 Å². The van der Waals surface area contributed by atoms with E-state index in [0.717, 1.165) is 10.9 Å². The van der Waals surface area contributed by atoms with E-state index < -0.39 is 0 Å². The van der Waals surface area contributed by atoms with Crippen LogP contribution in [0.2, 0.25) is 0 Å². The molecule has 8 rings (SSSR count). The first kappa shape index (κ1) is 37.8. The quantitative estimate of drug-likeness (QED) is 0.151. The standard InChI is InChI=1S/C36H22N2.C4H8.C3H7N.C3H6.C2H6/c1-3-28-22-38-20-18-30(28)31(5-1)32-15-13-26-11-10-25-12-14-29(33-16-17-34(32)36(26)35(25)33)24-8-6-23(7-9-24)27-4-2-19-37-21-27;1-3-4-2;1-2-3-4;1-3-2;1-2/h1-22H;3-4H,1-2H3;2-3H,4H2,1H3;3H,1H2,2H3;1-2H3/b;4-3-;3-2-;;. The molecular weight excluding hydrogens is 619 g/mol. The van der Waals surface area contributed by atoms with Gasteiger partial charge < -0.3 is 5.73 Å². The van der Waals surface area contributed by atoms with Crippen LogP contribution in [0.15, 0.2) is 171 Å². The summed E-state index contributed by atoms with van der Waals surface area (Å²) in [5.74, 6) is 0. The predicted molar refractivity (Wildman–Crippen MR) is 226 cm³/mol. The summed E-state index contributed by atoms with van der Waals surface area (Å²) in [4.78, 5) is 8.61. The zero-order chi connectivity index (χ0) is 36.6. The molecule has 0 bridgehead atoms. The van der Waals surface area contributed by atoms with Crippen molar-refractivity contribution in [3.8, 4) is 33.4 Å². The lowest BCUT2D eigenvalue weighted by Crippen LogP contribution is -1.90. The van der Waals surface area contributed by atoms with E-state index in [-0.39, 0.29) is 0 Å². The second-order valence-corrected chi connectivity index (χ2v) is 11.5. The van der Waals surface area contributed by atoms with Gasteiger partial charge in [0.05, 0.1) is 0 Å². The van der Waals surface area contributed by atoms with Gasteiger partial charge in [-0.2, -0.15) is 0 Å². The van der Waals surface area contributed by atoms with Crippen LogP contribution in [0, 0.1) is 0 Å². The van der Waals surface area contributed by atoms with Gasteiger partial charge in [-0.25, -0.2) is 0 Å². The van der Waals surface area contributed by atoms with Crippen molar-refractivity contribution < 1.29 is 0 Å². The number of hydrogen-bond donors (Lipinski definition) is 1. The molecule has 0 aliphatic carbocycles. The molecule has 8 aromatic rings. The molecule has 0 spiro atoms. The molecular formula is C48H49N3. The normalized spacial score (nSPS) is 10.5. The van der Waals surface area contributed by atoms with E-state index >= 15 is 0 Å². The van der Waals surface area contributed by atoms with Gasteiger partial charge in [0.1, 0.15) is 0 Å². The predicted octanol–water partition coefficient (Wildman–Crippen LogP) is 13.8. The zero-order valence-corrected chi connectivity index (χ0v) is 30.8. The first-order valence-electron chi connectivity index (χ1n) is 17.6. The molecule has 6 aromatic carbocycles. The fourth-order valence-electron chi connectivity index (χ4n) is 6.02. The highest BCUT2D eigenvalue weighted by Crippen LogP contribution is 2.43. The average Bonchev–Trinajstić information content (AvgIpc) is 3.21. The number of benzene rings is 6. The summed E-state index contributed by atoms with van der Waals surface area (Å²) in [7, 11) is 0. The summed E-state index contributed by atoms with van der Waals surface area (Å²) in [5, 5.41) is 10.2. The van der Waals surface area contributed by atoms with Crippen molar-refractivity contribution in [2.45, 2.75) is 41.5 Å². The van der Waals surface area contributed by atoms with Gasteiger partial charge >= 0.3 is 0 Å². The summed E-state index contributed by atoms with van der Waals surface area (Å²) in [6.45, 7) is 15.1. The Morgan fingerprint density at radius 2 is 1.00 bits per heavy atom. The van der Waals surface area contributed by atoms with Gasteiger partial charge in [0.25, 0.3) is 0 Å². The molecule has 2 N–H and O–H groups in total. The highest BCUT2D eigenvalue weighted by Gasteiger charge is 2.16. The Labute approximate surface area is 303 Å². The molecule has 0 saturated heterocycles. The molecule has 51 heavy (non-hydrogen) atoms. The SMILES string of the molecule is C/C=C\C.C/C=C\N.C=CC.CC.c1cncc(-c2ccc(-c3ccc4ccc5ccc(-c6cccc7cnccc67)c6ccc3c4c56)cc2)c1. The Kier molecular flexibility index (Phi) is 14.2. The van der Waals surface area contributed by atoms with Crippen molar-refractivity contribution >= 4 is 43.1 Å². The summed E-state index contributed by atoms with van der Waals surface area (Å²) in [5.41, 5.74) is 12.1. The molecule has 0 aliphatic rings. The molecule has 3 heteroatoms. The Balaban J connectivity index is 0.000000394. The molecule has 0 saturated carbocycles. The van der Waals surface area contributed by atoms with Crippen LogP contribution >= 0.6 is 0 Å². The van der Waals surface area contributed by atoms with Crippen LogP contribution in [0.1, 0.15) is 41.5 Å². The zero-order valence-electron chi connectivity index (χ0n) is 30.8. The van der Waals surface area contributed by atoms with E-state index in [0.29, 0.717) is 0 Å². The summed E-state index contributed by atoms with van der Waals surface area (Å²) in [6, 6.07) is 39.7. The van der Waals surface area contributed by atoms with Crippen molar-refractivity contribution in [3.63, 3.8) is 0 Å². The van der Waals surface area contributed by atoms with Crippen LogP contribution in [-0.2, 0) is 0 Å². The molecule has 0 fully saturated rings. The number of hydrogen-bond acceptors (Lipinski definition) is 3. The van der Waals surface area contributed by atoms with E-state index in [1.807, 2.05) is 84.5 Å². The fraction of sp³-hybridized carbons (Fsp3) is 0.125. The molecule has 2 aromatic heterocycles. The minimum absolute atomic E-state index is 1.13. The minimum Gasteiger partial charge on any atom is -0.405 e. The van der Waals surface area contributed by atoms with E-state index in [1.54, 1.807) is 12.2 Å². The van der Waals surface area contributed by atoms with E-state index in [4.69, 9.17) is 5.73 Å². The van der Waals surface area contributed by atoms with Gasteiger partial charge in [-0.05, 0) is 117 Å². The fourth-order valence-corrected chi connectivity index (χ4v) is 6.02. The number of nitrogens with zero attached hydrogens (tertiary/aromatic N) is 2. The Morgan fingerprint density at radius 3 is 1.57 bits per heavy atom. The maximum atomic E-state index is 4.85. The lowest BCUT2D eigenvalue weighted by atomic mass is 9.86.